The van der Waals surface area contributed by atoms with Crippen molar-refractivity contribution in [3.63, 3.8) is 0 Å². The van der Waals surface area contributed by atoms with Crippen LogP contribution < -0.4 is 16.0 Å². The van der Waals surface area contributed by atoms with E-state index >= 15 is 0 Å². The second kappa shape index (κ2) is 25.5. The summed E-state index contributed by atoms with van der Waals surface area (Å²) in [5.41, 5.74) is 1.92. The second-order valence-electron chi connectivity index (χ2n) is 11.7. The van der Waals surface area contributed by atoms with E-state index in [4.69, 9.17) is 19.3 Å². The maximum absolute atomic E-state index is 13.4. The molecule has 3 atom stereocenters. The number of aliphatic hydroxyl groups excluding tert-OH is 1. The summed E-state index contributed by atoms with van der Waals surface area (Å²) < 4.78 is 16.2. The van der Waals surface area contributed by atoms with Crippen molar-refractivity contribution in [2.24, 2.45) is 11.8 Å². The highest BCUT2D eigenvalue weighted by Gasteiger charge is 2.26. The summed E-state index contributed by atoms with van der Waals surface area (Å²) in [4.78, 5) is 51.4. The standard InChI is InChI=1S/C38H53N3O8/c1-3-5-19-33(26-30-15-8-6-9-16-30)37(45)48-29-34(20-12-13-21-40-38(46)49-28-31-17-10-7-11-18-31)41-36(44)32(14-4-2)27-35(43)39-22-24-47-25-23-42/h3-4,6-11,15-18,32-34,42H,1-2,5,12-14,19-29H2,(H,39,43)(H,40,46)(H,41,44)/t32-,33+,34-/m0/s1. The van der Waals surface area contributed by atoms with Gasteiger partial charge in [0.15, 0.2) is 0 Å². The highest BCUT2D eigenvalue weighted by molar-refractivity contribution is 5.86. The number of rotatable bonds is 26. The number of carbonyl (C=O) groups is 4. The first kappa shape index (κ1) is 40.7. The maximum Gasteiger partial charge on any atom is 0.407 e. The van der Waals surface area contributed by atoms with Crippen LogP contribution in [0, 0.1) is 11.8 Å². The zero-order valence-corrected chi connectivity index (χ0v) is 28.5. The lowest BCUT2D eigenvalue weighted by Crippen LogP contribution is -2.43. The van der Waals surface area contributed by atoms with Gasteiger partial charge in [-0.25, -0.2) is 4.79 Å². The van der Waals surface area contributed by atoms with E-state index in [1.165, 1.54) is 0 Å². The highest BCUT2D eigenvalue weighted by atomic mass is 16.5. The fourth-order valence-corrected chi connectivity index (χ4v) is 5.03. The Kier molecular flexibility index (Phi) is 21.2. The summed E-state index contributed by atoms with van der Waals surface area (Å²) in [6, 6.07) is 18.6. The molecule has 11 heteroatoms. The quantitative estimate of drug-likeness (QED) is 0.0638. The zero-order chi connectivity index (χ0) is 35.5. The van der Waals surface area contributed by atoms with Gasteiger partial charge in [0.05, 0.1) is 37.7 Å². The van der Waals surface area contributed by atoms with E-state index in [9.17, 15) is 19.2 Å². The number of carbonyl (C=O) groups excluding carboxylic acids is 4. The van der Waals surface area contributed by atoms with Crippen LogP contribution in [0.3, 0.4) is 0 Å². The molecule has 3 amide bonds. The van der Waals surface area contributed by atoms with Crippen molar-refractivity contribution < 1.29 is 38.5 Å². The molecule has 0 heterocycles. The molecule has 0 spiro atoms. The molecular formula is C38H53N3O8. The fraction of sp³-hybridized carbons (Fsp3) is 0.474. The van der Waals surface area contributed by atoms with Gasteiger partial charge in [-0.15, -0.1) is 13.2 Å². The first-order valence-corrected chi connectivity index (χ1v) is 17.0. The Labute approximate surface area is 290 Å². The Morgan fingerprint density at radius 2 is 1.51 bits per heavy atom. The number of benzene rings is 2. The Morgan fingerprint density at radius 1 is 0.796 bits per heavy atom. The van der Waals surface area contributed by atoms with Crippen molar-refractivity contribution in [2.45, 2.75) is 64.0 Å². The van der Waals surface area contributed by atoms with Gasteiger partial charge in [0.2, 0.25) is 11.8 Å². The van der Waals surface area contributed by atoms with Gasteiger partial charge in [0, 0.05) is 19.5 Å². The predicted molar refractivity (Wildman–Crippen MR) is 188 cm³/mol. The molecule has 49 heavy (non-hydrogen) atoms. The van der Waals surface area contributed by atoms with Crippen LogP contribution in [0.2, 0.25) is 0 Å². The summed E-state index contributed by atoms with van der Waals surface area (Å²) in [6.45, 7) is 8.61. The number of hydrogen-bond acceptors (Lipinski definition) is 8. The third-order valence-corrected chi connectivity index (χ3v) is 7.67. The third-order valence-electron chi connectivity index (χ3n) is 7.67. The molecule has 0 fully saturated rings. The lowest BCUT2D eigenvalue weighted by Gasteiger charge is -2.23. The molecule has 0 radical (unpaired) electrons. The lowest BCUT2D eigenvalue weighted by molar-refractivity contribution is -0.150. The largest absolute Gasteiger partial charge is 0.463 e. The number of alkyl carbamates (subject to hydrolysis) is 1. The van der Waals surface area contributed by atoms with Crippen LogP contribution in [0.1, 0.15) is 56.1 Å². The first-order valence-electron chi connectivity index (χ1n) is 17.0. The van der Waals surface area contributed by atoms with Gasteiger partial charge in [-0.1, -0.05) is 72.8 Å². The smallest absolute Gasteiger partial charge is 0.407 e. The Hall–Kier alpha value is -4.48. The van der Waals surface area contributed by atoms with Crippen LogP contribution in [0.15, 0.2) is 86.0 Å². The lowest BCUT2D eigenvalue weighted by atomic mass is 9.95. The molecule has 0 aliphatic carbocycles. The molecule has 268 valence electrons. The molecule has 0 saturated carbocycles. The molecule has 2 aromatic rings. The van der Waals surface area contributed by atoms with E-state index in [0.29, 0.717) is 45.1 Å². The molecule has 2 aromatic carbocycles. The number of amides is 3. The molecule has 0 aromatic heterocycles. The minimum Gasteiger partial charge on any atom is -0.463 e. The van der Waals surface area contributed by atoms with Crippen LogP contribution in [0.5, 0.6) is 0 Å². The summed E-state index contributed by atoms with van der Waals surface area (Å²) >= 11 is 0. The highest BCUT2D eigenvalue weighted by Crippen LogP contribution is 2.18. The summed E-state index contributed by atoms with van der Waals surface area (Å²) in [7, 11) is 0. The van der Waals surface area contributed by atoms with Crippen molar-refractivity contribution >= 4 is 23.9 Å². The summed E-state index contributed by atoms with van der Waals surface area (Å²) in [5, 5.41) is 17.3. The number of allylic oxidation sites excluding steroid dienone is 2. The van der Waals surface area contributed by atoms with Crippen molar-refractivity contribution in [1.29, 1.82) is 0 Å². The number of ether oxygens (including phenoxy) is 3. The zero-order valence-electron chi connectivity index (χ0n) is 28.5. The van der Waals surface area contributed by atoms with Gasteiger partial charge >= 0.3 is 12.1 Å². The minimum atomic E-state index is -0.673. The molecule has 0 unspecified atom stereocenters. The summed E-state index contributed by atoms with van der Waals surface area (Å²) in [6.07, 6.45) is 6.54. The van der Waals surface area contributed by atoms with Gasteiger partial charge in [0.1, 0.15) is 13.2 Å². The Bertz CT molecular complexity index is 1260. The molecule has 11 nitrogen and oxygen atoms in total. The number of nitrogens with one attached hydrogen (secondary N) is 3. The average Bonchev–Trinajstić information content (AvgIpc) is 3.11. The maximum atomic E-state index is 13.4. The van der Waals surface area contributed by atoms with Crippen LogP contribution in [0.25, 0.3) is 0 Å². The van der Waals surface area contributed by atoms with E-state index in [2.05, 4.69) is 29.1 Å². The second-order valence-corrected chi connectivity index (χ2v) is 11.7. The van der Waals surface area contributed by atoms with Gasteiger partial charge in [-0.05, 0) is 56.1 Å². The molecular weight excluding hydrogens is 626 g/mol. The number of aliphatic hydroxyl groups is 1. The summed E-state index contributed by atoms with van der Waals surface area (Å²) in [5.74, 6) is -2.05. The van der Waals surface area contributed by atoms with Crippen molar-refractivity contribution in [3.05, 3.63) is 97.1 Å². The van der Waals surface area contributed by atoms with Crippen LogP contribution in [-0.4, -0.2) is 74.5 Å². The van der Waals surface area contributed by atoms with Crippen molar-refractivity contribution in [3.8, 4) is 0 Å². The molecule has 4 N–H and O–H groups in total. The predicted octanol–water partition coefficient (Wildman–Crippen LogP) is 4.64. The van der Waals surface area contributed by atoms with Crippen molar-refractivity contribution in [2.75, 3.05) is 39.5 Å². The van der Waals surface area contributed by atoms with Gasteiger partial charge in [0.25, 0.3) is 0 Å². The molecule has 0 bridgehead atoms. The van der Waals surface area contributed by atoms with Crippen molar-refractivity contribution in [1.82, 2.24) is 16.0 Å². The normalized spacial score (nSPS) is 12.5. The van der Waals surface area contributed by atoms with Gasteiger partial charge < -0.3 is 35.3 Å². The monoisotopic (exact) mass is 679 g/mol. The van der Waals surface area contributed by atoms with Gasteiger partial charge in [-0.2, -0.15) is 0 Å². The topological polar surface area (TPSA) is 152 Å². The SMILES string of the molecule is C=CCC[C@H](Cc1ccccc1)C(=O)OC[C@H](CCCCNC(=O)OCc1ccccc1)NC(=O)[C@@H](CC=C)CC(=O)NCCOCCO. The molecule has 0 aliphatic rings. The van der Waals surface area contributed by atoms with Crippen LogP contribution >= 0.6 is 0 Å². The number of unbranched alkanes of at least 4 members (excludes halogenated alkanes) is 1. The van der Waals surface area contributed by atoms with E-state index in [1.54, 1.807) is 12.2 Å². The van der Waals surface area contributed by atoms with Crippen LogP contribution in [-0.2, 0) is 41.6 Å². The van der Waals surface area contributed by atoms with Crippen LogP contribution in [0.4, 0.5) is 4.79 Å². The Balaban J connectivity index is 1.98. The number of hydrogen-bond donors (Lipinski definition) is 4. The van der Waals surface area contributed by atoms with E-state index < -0.39 is 18.1 Å². The fourth-order valence-electron chi connectivity index (χ4n) is 5.03. The first-order chi connectivity index (χ1) is 23.9. The van der Waals surface area contributed by atoms with E-state index in [-0.39, 0.29) is 76.1 Å². The Morgan fingerprint density at radius 3 is 2.18 bits per heavy atom. The van der Waals surface area contributed by atoms with Gasteiger partial charge in [-0.3, -0.25) is 14.4 Å². The van der Waals surface area contributed by atoms with E-state index in [1.807, 2.05) is 60.7 Å². The molecule has 0 saturated heterocycles. The number of esters is 1. The molecule has 0 aliphatic heterocycles. The average molecular weight is 680 g/mol. The molecule has 2 rings (SSSR count). The minimum absolute atomic E-state index is 0.0360. The third kappa shape index (κ3) is 18.6. The van der Waals surface area contributed by atoms with E-state index in [0.717, 1.165) is 11.1 Å².